The Hall–Kier alpha value is -0.710. The van der Waals surface area contributed by atoms with E-state index in [0.29, 0.717) is 19.1 Å². The molecule has 1 aromatic rings. The molecule has 18 heavy (non-hydrogen) atoms. The summed E-state index contributed by atoms with van der Waals surface area (Å²) in [4.78, 5) is 2.10. The number of benzene rings is 1. The van der Waals surface area contributed by atoms with Crippen molar-refractivity contribution in [1.82, 2.24) is 4.90 Å². The van der Waals surface area contributed by atoms with Gasteiger partial charge in [-0.3, -0.25) is 4.90 Å². The van der Waals surface area contributed by atoms with Crippen molar-refractivity contribution >= 4 is 11.6 Å². The summed E-state index contributed by atoms with van der Waals surface area (Å²) < 4.78 is 27.2. The minimum atomic E-state index is -0.857. The number of rotatable bonds is 5. The number of nitrogens with zero attached hydrogens (tertiary/aromatic N) is 1. The summed E-state index contributed by atoms with van der Waals surface area (Å²) in [7, 11) is 0. The van der Waals surface area contributed by atoms with E-state index in [4.69, 9.17) is 17.3 Å². The molecule has 0 aromatic heterocycles. The van der Waals surface area contributed by atoms with Gasteiger partial charge in [0.25, 0.3) is 0 Å². The Bertz CT molecular complexity index is 435. The fourth-order valence-electron chi connectivity index (χ4n) is 2.34. The molecule has 0 spiro atoms. The summed E-state index contributed by atoms with van der Waals surface area (Å²) in [6.07, 6.45) is 2.16. The van der Waals surface area contributed by atoms with Crippen molar-refractivity contribution in [2.45, 2.75) is 31.8 Å². The summed E-state index contributed by atoms with van der Waals surface area (Å²) >= 11 is 6.00. The Kier molecular flexibility index (Phi) is 4.20. The van der Waals surface area contributed by atoms with Gasteiger partial charge >= 0.3 is 0 Å². The Morgan fingerprint density at radius 2 is 2.11 bits per heavy atom. The highest BCUT2D eigenvalue weighted by Gasteiger charge is 2.34. The fraction of sp³-hybridized carbons (Fsp3) is 0.538. The van der Waals surface area contributed by atoms with Crippen molar-refractivity contribution in [3.8, 4) is 0 Å². The van der Waals surface area contributed by atoms with Gasteiger partial charge in [-0.05, 0) is 31.9 Å². The van der Waals surface area contributed by atoms with E-state index in [1.165, 1.54) is 6.07 Å². The van der Waals surface area contributed by atoms with Crippen molar-refractivity contribution in [2.75, 3.05) is 13.1 Å². The minimum absolute atomic E-state index is 0.233. The molecule has 2 N–H and O–H groups in total. The van der Waals surface area contributed by atoms with Crippen LogP contribution in [0.2, 0.25) is 5.02 Å². The zero-order valence-electron chi connectivity index (χ0n) is 10.3. The van der Waals surface area contributed by atoms with Crippen molar-refractivity contribution in [2.24, 2.45) is 5.73 Å². The Morgan fingerprint density at radius 3 is 2.67 bits per heavy atom. The highest BCUT2D eigenvalue weighted by Crippen LogP contribution is 2.37. The van der Waals surface area contributed by atoms with Crippen molar-refractivity contribution < 1.29 is 8.78 Å². The molecule has 0 amide bonds. The largest absolute Gasteiger partial charge is 0.329 e. The molecular weight excluding hydrogens is 258 g/mol. The first-order valence-electron chi connectivity index (χ1n) is 6.15. The molecule has 0 aliphatic heterocycles. The molecular formula is C13H17ClF2N2. The zero-order chi connectivity index (χ0) is 13.3. The highest BCUT2D eigenvalue weighted by atomic mass is 35.5. The van der Waals surface area contributed by atoms with Crippen LogP contribution in [0, 0.1) is 11.6 Å². The standard InChI is InChI=1S/C13H17ClF2N2/c1-8(18(7-6-17)9-2-3-9)12-10(14)4-5-11(15)13(12)16/h4-5,8-9H,2-3,6-7,17H2,1H3. The smallest absolute Gasteiger partial charge is 0.165 e. The fourth-order valence-corrected chi connectivity index (χ4v) is 2.64. The molecule has 1 aromatic carbocycles. The highest BCUT2D eigenvalue weighted by molar-refractivity contribution is 6.31. The van der Waals surface area contributed by atoms with E-state index in [2.05, 4.69) is 4.90 Å². The van der Waals surface area contributed by atoms with Crippen LogP contribution in [0.3, 0.4) is 0 Å². The predicted octanol–water partition coefficient (Wildman–Crippen LogP) is 3.10. The van der Waals surface area contributed by atoms with Crippen LogP contribution in [0.5, 0.6) is 0 Å². The lowest BCUT2D eigenvalue weighted by Crippen LogP contribution is -2.34. The molecule has 1 fully saturated rings. The van der Waals surface area contributed by atoms with Crippen molar-refractivity contribution in [3.05, 3.63) is 34.4 Å². The number of hydrogen-bond acceptors (Lipinski definition) is 2. The summed E-state index contributed by atoms with van der Waals surface area (Å²) in [6, 6.07) is 2.61. The van der Waals surface area contributed by atoms with Gasteiger partial charge < -0.3 is 5.73 Å². The molecule has 1 atom stereocenters. The molecule has 0 radical (unpaired) electrons. The van der Waals surface area contributed by atoms with Crippen LogP contribution in [-0.2, 0) is 0 Å². The average molecular weight is 275 g/mol. The van der Waals surface area contributed by atoms with Gasteiger partial charge in [0.2, 0.25) is 0 Å². The maximum absolute atomic E-state index is 13.9. The molecule has 1 aliphatic carbocycles. The third kappa shape index (κ3) is 2.66. The average Bonchev–Trinajstić information content (AvgIpc) is 3.15. The van der Waals surface area contributed by atoms with E-state index in [0.717, 1.165) is 18.9 Å². The molecule has 0 bridgehead atoms. The van der Waals surface area contributed by atoms with E-state index in [9.17, 15) is 8.78 Å². The van der Waals surface area contributed by atoms with Gasteiger partial charge in [0.05, 0.1) is 0 Å². The molecule has 1 unspecified atom stereocenters. The Balaban J connectivity index is 2.31. The van der Waals surface area contributed by atoms with Crippen LogP contribution in [0.25, 0.3) is 0 Å². The van der Waals surface area contributed by atoms with Crippen LogP contribution in [-0.4, -0.2) is 24.0 Å². The molecule has 100 valence electrons. The zero-order valence-corrected chi connectivity index (χ0v) is 11.1. The van der Waals surface area contributed by atoms with E-state index in [1.54, 1.807) is 0 Å². The molecule has 0 heterocycles. The first-order chi connectivity index (χ1) is 8.56. The molecule has 5 heteroatoms. The summed E-state index contributed by atoms with van der Waals surface area (Å²) in [5.41, 5.74) is 5.81. The van der Waals surface area contributed by atoms with Crippen LogP contribution < -0.4 is 5.73 Å². The van der Waals surface area contributed by atoms with Gasteiger partial charge in [0, 0.05) is 35.8 Å². The normalized spacial score (nSPS) is 17.2. The second-order valence-electron chi connectivity index (χ2n) is 4.69. The number of nitrogens with two attached hydrogens (primary N) is 1. The second-order valence-corrected chi connectivity index (χ2v) is 5.10. The molecule has 0 saturated heterocycles. The SMILES string of the molecule is CC(c1c(Cl)ccc(F)c1F)N(CCN)C1CC1. The monoisotopic (exact) mass is 274 g/mol. The second kappa shape index (κ2) is 5.51. The lowest BCUT2D eigenvalue weighted by atomic mass is 10.1. The van der Waals surface area contributed by atoms with Crippen LogP contribution >= 0.6 is 11.6 Å². The lowest BCUT2D eigenvalue weighted by Gasteiger charge is -2.29. The number of hydrogen-bond donors (Lipinski definition) is 1. The first-order valence-corrected chi connectivity index (χ1v) is 6.53. The molecule has 1 aliphatic rings. The Labute approximate surface area is 111 Å². The molecule has 1 saturated carbocycles. The molecule has 2 rings (SSSR count). The molecule has 2 nitrogen and oxygen atoms in total. The summed E-state index contributed by atoms with van der Waals surface area (Å²) in [5.74, 6) is -1.71. The predicted molar refractivity (Wildman–Crippen MR) is 68.6 cm³/mol. The van der Waals surface area contributed by atoms with Gasteiger partial charge in [0.15, 0.2) is 11.6 Å². The van der Waals surface area contributed by atoms with Gasteiger partial charge in [-0.2, -0.15) is 0 Å². The van der Waals surface area contributed by atoms with E-state index in [-0.39, 0.29) is 16.6 Å². The van der Waals surface area contributed by atoms with Crippen molar-refractivity contribution in [1.29, 1.82) is 0 Å². The maximum Gasteiger partial charge on any atom is 0.165 e. The quantitative estimate of drug-likeness (QED) is 0.836. The van der Waals surface area contributed by atoms with Crippen LogP contribution in [0.1, 0.15) is 31.4 Å². The van der Waals surface area contributed by atoms with Gasteiger partial charge in [-0.25, -0.2) is 8.78 Å². The van der Waals surface area contributed by atoms with Crippen molar-refractivity contribution in [3.63, 3.8) is 0 Å². The van der Waals surface area contributed by atoms with Gasteiger partial charge in [-0.15, -0.1) is 0 Å². The van der Waals surface area contributed by atoms with Gasteiger partial charge in [-0.1, -0.05) is 11.6 Å². The summed E-state index contributed by atoms with van der Waals surface area (Å²) in [6.45, 7) is 3.01. The number of halogens is 3. The summed E-state index contributed by atoms with van der Waals surface area (Å²) in [5, 5.41) is 0.268. The lowest BCUT2D eigenvalue weighted by molar-refractivity contribution is 0.201. The first kappa shape index (κ1) is 13.7. The van der Waals surface area contributed by atoms with E-state index in [1.807, 2.05) is 6.92 Å². The topological polar surface area (TPSA) is 29.3 Å². The van der Waals surface area contributed by atoms with E-state index >= 15 is 0 Å². The van der Waals surface area contributed by atoms with E-state index < -0.39 is 11.6 Å². The third-order valence-corrected chi connectivity index (χ3v) is 3.73. The Morgan fingerprint density at radius 1 is 1.44 bits per heavy atom. The van der Waals surface area contributed by atoms with Crippen LogP contribution in [0.15, 0.2) is 12.1 Å². The van der Waals surface area contributed by atoms with Gasteiger partial charge in [0.1, 0.15) is 0 Å². The third-order valence-electron chi connectivity index (χ3n) is 3.40. The van der Waals surface area contributed by atoms with Crippen LogP contribution in [0.4, 0.5) is 8.78 Å². The minimum Gasteiger partial charge on any atom is -0.329 e. The maximum atomic E-state index is 13.9.